The molecule has 0 atom stereocenters. The molecular formula is C22H15ClN2O2S. The van der Waals surface area contributed by atoms with Crippen molar-refractivity contribution in [1.82, 2.24) is 4.98 Å². The molecule has 0 aliphatic rings. The number of hydrogen-bond donors (Lipinski definition) is 1. The van der Waals surface area contributed by atoms with E-state index >= 15 is 0 Å². The molecule has 0 aliphatic carbocycles. The highest BCUT2D eigenvalue weighted by atomic mass is 35.5. The highest BCUT2D eigenvalue weighted by molar-refractivity contribution is 7.13. The Bertz CT molecular complexity index is 1100. The van der Waals surface area contributed by atoms with E-state index in [1.165, 1.54) is 6.08 Å². The average Bonchev–Trinajstić information content (AvgIpc) is 3.40. The van der Waals surface area contributed by atoms with Crippen molar-refractivity contribution in [3.05, 3.63) is 89.2 Å². The second kappa shape index (κ2) is 8.25. The number of anilines is 1. The summed E-state index contributed by atoms with van der Waals surface area (Å²) in [6, 6.07) is 18.8. The van der Waals surface area contributed by atoms with Gasteiger partial charge in [0, 0.05) is 33.3 Å². The number of amides is 1. The molecule has 2 heterocycles. The lowest BCUT2D eigenvalue weighted by Crippen LogP contribution is -2.07. The quantitative estimate of drug-likeness (QED) is 0.391. The Kier molecular flexibility index (Phi) is 5.37. The van der Waals surface area contributed by atoms with Crippen LogP contribution in [0.15, 0.2) is 82.8 Å². The van der Waals surface area contributed by atoms with Gasteiger partial charge in [-0.25, -0.2) is 4.98 Å². The van der Waals surface area contributed by atoms with Crippen LogP contribution in [-0.2, 0) is 4.79 Å². The normalized spacial score (nSPS) is 11.0. The van der Waals surface area contributed by atoms with Crippen LogP contribution in [0.25, 0.3) is 27.9 Å². The minimum atomic E-state index is -0.220. The van der Waals surface area contributed by atoms with Crippen LogP contribution in [0.3, 0.4) is 0 Å². The molecule has 4 nitrogen and oxygen atoms in total. The van der Waals surface area contributed by atoms with E-state index in [1.807, 2.05) is 53.9 Å². The first-order chi connectivity index (χ1) is 13.7. The summed E-state index contributed by atoms with van der Waals surface area (Å²) in [6.07, 6.45) is 4.62. The zero-order valence-electron chi connectivity index (χ0n) is 14.6. The average molecular weight is 407 g/mol. The fraction of sp³-hybridized carbons (Fsp3) is 0. The van der Waals surface area contributed by atoms with Gasteiger partial charge in [-0.1, -0.05) is 35.9 Å². The Morgan fingerprint density at radius 1 is 1.04 bits per heavy atom. The molecule has 0 radical (unpaired) electrons. The van der Waals surface area contributed by atoms with E-state index in [-0.39, 0.29) is 5.91 Å². The van der Waals surface area contributed by atoms with Crippen LogP contribution < -0.4 is 5.32 Å². The Morgan fingerprint density at radius 2 is 1.79 bits per heavy atom. The molecule has 0 aliphatic heterocycles. The predicted molar refractivity (Wildman–Crippen MR) is 114 cm³/mol. The topological polar surface area (TPSA) is 55.1 Å². The molecule has 0 bridgehead atoms. The zero-order chi connectivity index (χ0) is 19.3. The van der Waals surface area contributed by atoms with Crippen molar-refractivity contribution < 1.29 is 9.21 Å². The van der Waals surface area contributed by atoms with Crippen molar-refractivity contribution in [2.24, 2.45) is 0 Å². The molecule has 0 saturated heterocycles. The maximum absolute atomic E-state index is 12.0. The molecule has 2 aromatic carbocycles. The second-order valence-corrected chi connectivity index (χ2v) is 7.25. The van der Waals surface area contributed by atoms with Crippen molar-refractivity contribution in [3.63, 3.8) is 0 Å². The maximum Gasteiger partial charge on any atom is 0.248 e. The van der Waals surface area contributed by atoms with Gasteiger partial charge >= 0.3 is 0 Å². The number of carbonyl (C=O) groups is 1. The third-order valence-electron chi connectivity index (χ3n) is 3.99. The van der Waals surface area contributed by atoms with Crippen LogP contribution in [-0.4, -0.2) is 10.9 Å². The molecule has 2 aromatic heterocycles. The number of hydrogen-bond acceptors (Lipinski definition) is 4. The third-order valence-corrected chi connectivity index (χ3v) is 5.13. The van der Waals surface area contributed by atoms with Crippen LogP contribution in [0, 0.1) is 0 Å². The monoisotopic (exact) mass is 406 g/mol. The first-order valence-electron chi connectivity index (χ1n) is 8.52. The standard InChI is InChI=1S/C22H15ClN2O2S/c23-17-7-3-16(4-8-17)22-25-20(14-28-22)15-5-9-18(10-6-15)24-21(26)12-11-19-2-1-13-27-19/h1-14H,(H,24,26)/b12-11+. The van der Waals surface area contributed by atoms with Gasteiger partial charge in [-0.3, -0.25) is 4.79 Å². The van der Waals surface area contributed by atoms with Crippen LogP contribution in [0.4, 0.5) is 5.69 Å². The van der Waals surface area contributed by atoms with E-state index in [2.05, 4.69) is 5.32 Å². The molecule has 0 saturated carbocycles. The highest BCUT2D eigenvalue weighted by Crippen LogP contribution is 2.30. The van der Waals surface area contributed by atoms with Gasteiger partial charge in [0.05, 0.1) is 12.0 Å². The lowest BCUT2D eigenvalue weighted by molar-refractivity contribution is -0.111. The number of halogens is 1. The Labute approximate surface area is 171 Å². The predicted octanol–water partition coefficient (Wildman–Crippen LogP) is 6.38. The van der Waals surface area contributed by atoms with Gasteiger partial charge < -0.3 is 9.73 Å². The summed E-state index contributed by atoms with van der Waals surface area (Å²) in [4.78, 5) is 16.7. The molecule has 0 fully saturated rings. The van der Waals surface area contributed by atoms with Crippen molar-refractivity contribution in [2.75, 3.05) is 5.32 Å². The molecule has 6 heteroatoms. The summed E-state index contributed by atoms with van der Waals surface area (Å²) in [6.45, 7) is 0. The molecule has 4 rings (SSSR count). The van der Waals surface area contributed by atoms with Crippen LogP contribution >= 0.6 is 22.9 Å². The van der Waals surface area contributed by atoms with E-state index < -0.39 is 0 Å². The second-order valence-electron chi connectivity index (χ2n) is 5.96. The van der Waals surface area contributed by atoms with E-state index in [4.69, 9.17) is 21.0 Å². The fourth-order valence-corrected chi connectivity index (χ4v) is 3.54. The van der Waals surface area contributed by atoms with E-state index in [9.17, 15) is 4.79 Å². The van der Waals surface area contributed by atoms with Gasteiger partial charge in [-0.05, 0) is 42.5 Å². The first kappa shape index (κ1) is 18.2. The number of nitrogens with one attached hydrogen (secondary N) is 1. The first-order valence-corrected chi connectivity index (χ1v) is 9.78. The Morgan fingerprint density at radius 3 is 2.50 bits per heavy atom. The highest BCUT2D eigenvalue weighted by Gasteiger charge is 2.07. The van der Waals surface area contributed by atoms with Crippen LogP contribution in [0.5, 0.6) is 0 Å². The number of thiazole rings is 1. The van der Waals surface area contributed by atoms with Crippen LogP contribution in [0.2, 0.25) is 5.02 Å². The summed E-state index contributed by atoms with van der Waals surface area (Å²) < 4.78 is 5.16. The molecule has 0 spiro atoms. The number of rotatable bonds is 5. The number of benzene rings is 2. The summed E-state index contributed by atoms with van der Waals surface area (Å²) in [5.74, 6) is 0.411. The molecule has 4 aromatic rings. The summed E-state index contributed by atoms with van der Waals surface area (Å²) in [7, 11) is 0. The van der Waals surface area contributed by atoms with Gasteiger partial charge in [-0.15, -0.1) is 11.3 Å². The van der Waals surface area contributed by atoms with Crippen molar-refractivity contribution in [2.45, 2.75) is 0 Å². The lowest BCUT2D eigenvalue weighted by atomic mass is 10.1. The molecule has 1 amide bonds. The smallest absolute Gasteiger partial charge is 0.248 e. The molecule has 1 N–H and O–H groups in total. The largest absolute Gasteiger partial charge is 0.465 e. The minimum absolute atomic E-state index is 0.220. The van der Waals surface area contributed by atoms with Crippen molar-refractivity contribution in [3.8, 4) is 21.8 Å². The van der Waals surface area contributed by atoms with Gasteiger partial charge in [0.15, 0.2) is 0 Å². The Balaban J connectivity index is 1.43. The van der Waals surface area contributed by atoms with Gasteiger partial charge in [0.25, 0.3) is 0 Å². The van der Waals surface area contributed by atoms with Gasteiger partial charge in [0.2, 0.25) is 5.91 Å². The Hall–Kier alpha value is -3.15. The number of furan rings is 1. The molecule has 138 valence electrons. The maximum atomic E-state index is 12.0. The number of carbonyl (C=O) groups excluding carboxylic acids is 1. The van der Waals surface area contributed by atoms with Gasteiger partial charge in [0.1, 0.15) is 10.8 Å². The van der Waals surface area contributed by atoms with Crippen LogP contribution in [0.1, 0.15) is 5.76 Å². The van der Waals surface area contributed by atoms with E-state index in [1.54, 1.807) is 35.8 Å². The van der Waals surface area contributed by atoms with E-state index in [0.29, 0.717) is 16.5 Å². The summed E-state index contributed by atoms with van der Waals surface area (Å²) >= 11 is 7.52. The molecule has 28 heavy (non-hydrogen) atoms. The minimum Gasteiger partial charge on any atom is -0.465 e. The van der Waals surface area contributed by atoms with Crippen molar-refractivity contribution in [1.29, 1.82) is 0 Å². The molecule has 0 unspecified atom stereocenters. The number of nitrogens with zero attached hydrogens (tertiary/aromatic N) is 1. The van der Waals surface area contributed by atoms with Gasteiger partial charge in [-0.2, -0.15) is 0 Å². The molecular weight excluding hydrogens is 392 g/mol. The fourth-order valence-electron chi connectivity index (χ4n) is 2.58. The summed E-state index contributed by atoms with van der Waals surface area (Å²) in [5.41, 5.74) is 3.63. The number of aromatic nitrogens is 1. The SMILES string of the molecule is O=C(/C=C/c1ccco1)Nc1ccc(-c2csc(-c3ccc(Cl)cc3)n2)cc1. The van der Waals surface area contributed by atoms with Crippen molar-refractivity contribution >= 4 is 40.6 Å². The third kappa shape index (κ3) is 4.39. The summed E-state index contributed by atoms with van der Waals surface area (Å²) in [5, 5.41) is 6.48. The zero-order valence-corrected chi connectivity index (χ0v) is 16.2. The van der Waals surface area contributed by atoms with E-state index in [0.717, 1.165) is 21.8 Å². The lowest BCUT2D eigenvalue weighted by Gasteiger charge is -2.03.